The molecule has 1 aromatic carbocycles. The predicted molar refractivity (Wildman–Crippen MR) is 42.5 cm³/mol. The highest BCUT2D eigenvalue weighted by Gasteiger charge is 1.92. The molecule has 1 aromatic heterocycles. The van der Waals surface area contributed by atoms with Gasteiger partial charge in [0.15, 0.2) is 0 Å². The van der Waals surface area contributed by atoms with Crippen molar-refractivity contribution in [2.45, 2.75) is 0 Å². The second kappa shape index (κ2) is 2.23. The van der Waals surface area contributed by atoms with Crippen LogP contribution in [0.15, 0.2) is 45.6 Å². The molecule has 0 radical (unpaired) electrons. The maximum absolute atomic E-state index is 10.8. The monoisotopic (exact) mass is 148 g/mol. The lowest BCUT2D eigenvalue weighted by Crippen LogP contribution is -1.93. The molecule has 0 unspecified atom stereocenters. The van der Waals surface area contributed by atoms with Gasteiger partial charge in [0.1, 0.15) is 5.58 Å². The van der Waals surface area contributed by atoms with Crippen molar-refractivity contribution in [1.29, 1.82) is 0 Å². The third-order valence-electron chi connectivity index (χ3n) is 1.47. The third kappa shape index (κ3) is 1.03. The molecule has 2 aromatic rings. The fraction of sp³-hybridized carbons (Fsp3) is 0. The molecule has 0 saturated carbocycles. The minimum Gasteiger partial charge on any atom is -0.423 e. The Morgan fingerprint density at radius 3 is 3.09 bits per heavy atom. The predicted octanol–water partition coefficient (Wildman–Crippen LogP) is 1.79. The average molecular weight is 148 g/mol. The van der Waals surface area contributed by atoms with E-state index >= 15 is 0 Å². The average Bonchev–Trinajstić information content (AvgIpc) is 2.03. The summed E-state index contributed by atoms with van der Waals surface area (Å²) in [4.78, 5) is 10.8. The zero-order chi connectivity index (χ0) is 8.55. The Balaban J connectivity index is 2.89. The highest BCUT2D eigenvalue weighted by Crippen LogP contribution is 2.08. The Labute approximate surface area is 64.5 Å². The van der Waals surface area contributed by atoms with Crippen LogP contribution >= 0.6 is 0 Å². The van der Waals surface area contributed by atoms with Crippen LogP contribution in [0.2, 0.25) is 0 Å². The molecule has 0 bridgehead atoms. The molecule has 0 fully saturated rings. The summed E-state index contributed by atoms with van der Waals surface area (Å²) in [6, 6.07) is 8.32. The minimum atomic E-state index is -0.381. The topological polar surface area (TPSA) is 30.2 Å². The molecule has 0 spiro atoms. The van der Waals surface area contributed by atoms with E-state index in [-0.39, 0.29) is 5.63 Å². The molecular weight excluding hydrogens is 140 g/mol. The molecule has 1 heterocycles. The summed E-state index contributed by atoms with van der Waals surface area (Å²) in [7, 11) is 0. The smallest absolute Gasteiger partial charge is 0.336 e. The molecule has 0 aliphatic rings. The van der Waals surface area contributed by atoms with Crippen LogP contribution in [0, 0.1) is 0 Å². The van der Waals surface area contributed by atoms with E-state index in [1.165, 1.54) is 12.1 Å². The van der Waals surface area contributed by atoms with Crippen LogP contribution in [0.5, 0.6) is 0 Å². The first-order chi connectivity index (χ1) is 5.75. The van der Waals surface area contributed by atoms with E-state index in [1.807, 2.05) is 0 Å². The van der Waals surface area contributed by atoms with Gasteiger partial charge in [-0.15, -0.1) is 0 Å². The zero-order valence-electron chi connectivity index (χ0n) is 6.70. The van der Waals surface area contributed by atoms with Gasteiger partial charge in [0.05, 0.1) is 1.37 Å². The SMILES string of the molecule is [3H]c1ccc2ccc(=O)oc2c1. The number of hydrogen-bond acceptors (Lipinski definition) is 2. The fourth-order valence-electron chi connectivity index (χ4n) is 0.953. The summed E-state index contributed by atoms with van der Waals surface area (Å²) >= 11 is 0. The number of para-hydroxylation sites is 1. The molecule has 11 heavy (non-hydrogen) atoms. The van der Waals surface area contributed by atoms with Crippen LogP contribution in [0.1, 0.15) is 1.37 Å². The molecule has 2 nitrogen and oxygen atoms in total. The largest absolute Gasteiger partial charge is 0.423 e. The van der Waals surface area contributed by atoms with Gasteiger partial charge in [-0.05, 0) is 12.1 Å². The lowest BCUT2D eigenvalue weighted by molar-refractivity contribution is 0.561. The normalized spacial score (nSPS) is 11.5. The highest BCUT2D eigenvalue weighted by molar-refractivity contribution is 5.75. The van der Waals surface area contributed by atoms with E-state index in [1.54, 1.807) is 18.2 Å². The molecule has 0 N–H and O–H groups in total. The summed E-state index contributed by atoms with van der Waals surface area (Å²) in [5.41, 5.74) is 0.0862. The van der Waals surface area contributed by atoms with Gasteiger partial charge in [-0.2, -0.15) is 0 Å². The second-order valence-corrected chi connectivity index (χ2v) is 2.22. The summed E-state index contributed by atoms with van der Waals surface area (Å²) in [5.74, 6) is 0. The Kier molecular flexibility index (Phi) is 1.04. The first-order valence-electron chi connectivity index (χ1n) is 3.76. The van der Waals surface area contributed by atoms with E-state index in [2.05, 4.69) is 0 Å². The molecule has 2 rings (SSSR count). The van der Waals surface area contributed by atoms with Crippen molar-refractivity contribution in [2.24, 2.45) is 0 Å². The van der Waals surface area contributed by atoms with Gasteiger partial charge >= 0.3 is 5.63 Å². The van der Waals surface area contributed by atoms with Crippen molar-refractivity contribution < 1.29 is 5.79 Å². The molecule has 54 valence electrons. The maximum Gasteiger partial charge on any atom is 0.336 e. The molecule has 0 amide bonds. The van der Waals surface area contributed by atoms with Crippen LogP contribution in [0.25, 0.3) is 11.0 Å². The lowest BCUT2D eigenvalue weighted by Gasteiger charge is -1.91. The van der Waals surface area contributed by atoms with E-state index < -0.39 is 0 Å². The molecule has 0 saturated heterocycles. The van der Waals surface area contributed by atoms with Gasteiger partial charge in [-0.25, -0.2) is 4.79 Å². The van der Waals surface area contributed by atoms with Crippen molar-refractivity contribution in [3.8, 4) is 0 Å². The van der Waals surface area contributed by atoms with Crippen molar-refractivity contribution in [1.82, 2.24) is 0 Å². The number of fused-ring (bicyclic) bond motifs is 1. The maximum atomic E-state index is 10.8. The lowest BCUT2D eigenvalue weighted by atomic mass is 10.2. The minimum absolute atomic E-state index is 0.344. The van der Waals surface area contributed by atoms with Gasteiger partial charge in [-0.1, -0.05) is 18.2 Å². The summed E-state index contributed by atoms with van der Waals surface area (Å²) < 4.78 is 12.2. The van der Waals surface area contributed by atoms with E-state index in [9.17, 15) is 4.79 Å². The van der Waals surface area contributed by atoms with Gasteiger partial charge in [0.25, 0.3) is 0 Å². The third-order valence-corrected chi connectivity index (χ3v) is 1.47. The quantitative estimate of drug-likeness (QED) is 0.533. The molecular formula is C9H6O2. The summed E-state index contributed by atoms with van der Waals surface area (Å²) in [5, 5.41) is 0.839. The van der Waals surface area contributed by atoms with Crippen molar-refractivity contribution in [3.05, 3.63) is 46.8 Å². The molecule has 0 aliphatic heterocycles. The Morgan fingerprint density at radius 1 is 1.27 bits per heavy atom. The van der Waals surface area contributed by atoms with E-state index in [0.717, 1.165) is 5.39 Å². The highest BCUT2D eigenvalue weighted by atomic mass is 16.4. The zero-order valence-corrected chi connectivity index (χ0v) is 5.70. The van der Waals surface area contributed by atoms with Crippen molar-refractivity contribution in [2.75, 3.05) is 0 Å². The van der Waals surface area contributed by atoms with Crippen LogP contribution < -0.4 is 5.63 Å². The van der Waals surface area contributed by atoms with Gasteiger partial charge < -0.3 is 4.42 Å². The second-order valence-electron chi connectivity index (χ2n) is 2.22. The summed E-state index contributed by atoms with van der Waals surface area (Å²) in [6.07, 6.45) is 0. The summed E-state index contributed by atoms with van der Waals surface area (Å²) in [6.45, 7) is 0. The number of rotatable bonds is 0. The Bertz CT molecular complexity index is 473. The standard InChI is InChI=1S/C9H6O2/c10-9-6-5-7-3-1-2-4-8(7)11-9/h1-6H/i2T. The van der Waals surface area contributed by atoms with Crippen molar-refractivity contribution in [3.63, 3.8) is 0 Å². The van der Waals surface area contributed by atoms with Crippen LogP contribution in [-0.4, -0.2) is 0 Å². The number of hydrogen-bond donors (Lipinski definition) is 0. The first-order valence-corrected chi connectivity index (χ1v) is 3.26. The van der Waals surface area contributed by atoms with Crippen LogP contribution in [0.4, 0.5) is 0 Å². The molecule has 0 aliphatic carbocycles. The van der Waals surface area contributed by atoms with Gasteiger partial charge in [-0.3, -0.25) is 0 Å². The fourth-order valence-corrected chi connectivity index (χ4v) is 0.953. The van der Waals surface area contributed by atoms with Crippen molar-refractivity contribution >= 4 is 11.0 Å². The number of benzene rings is 1. The van der Waals surface area contributed by atoms with Crippen LogP contribution in [0.3, 0.4) is 0 Å². The van der Waals surface area contributed by atoms with Crippen LogP contribution in [-0.2, 0) is 0 Å². The van der Waals surface area contributed by atoms with Gasteiger partial charge in [0.2, 0.25) is 0 Å². The first kappa shape index (κ1) is 5.13. The Morgan fingerprint density at radius 2 is 2.18 bits per heavy atom. The molecule has 2 heteroatoms. The van der Waals surface area contributed by atoms with E-state index in [0.29, 0.717) is 11.6 Å². The van der Waals surface area contributed by atoms with Gasteiger partial charge in [0, 0.05) is 11.5 Å². The Hall–Kier alpha value is -1.57. The van der Waals surface area contributed by atoms with E-state index in [4.69, 9.17) is 5.79 Å². The molecule has 0 atom stereocenters.